The number of morpholine rings is 1. The summed E-state index contributed by atoms with van der Waals surface area (Å²) in [5.41, 5.74) is 0.647. The van der Waals surface area contributed by atoms with E-state index in [1.807, 2.05) is 6.92 Å². The van der Waals surface area contributed by atoms with E-state index >= 15 is 0 Å². The molecular formula is C20H30N2O6S. The van der Waals surface area contributed by atoms with E-state index in [-0.39, 0.29) is 29.1 Å². The van der Waals surface area contributed by atoms with Gasteiger partial charge in [-0.05, 0) is 37.5 Å². The van der Waals surface area contributed by atoms with Gasteiger partial charge < -0.3 is 19.1 Å². The number of hydrogen-bond acceptors (Lipinski definition) is 6. The zero-order valence-electron chi connectivity index (χ0n) is 17.1. The van der Waals surface area contributed by atoms with Gasteiger partial charge in [-0.1, -0.05) is 6.07 Å². The van der Waals surface area contributed by atoms with E-state index in [2.05, 4.69) is 0 Å². The molecule has 0 aromatic heterocycles. The first-order chi connectivity index (χ1) is 14.0. The van der Waals surface area contributed by atoms with Crippen LogP contribution >= 0.6 is 0 Å². The van der Waals surface area contributed by atoms with Crippen molar-refractivity contribution in [2.24, 2.45) is 0 Å². The summed E-state index contributed by atoms with van der Waals surface area (Å²) < 4.78 is 43.8. The fraction of sp³-hybridized carbons (Fsp3) is 0.650. The van der Waals surface area contributed by atoms with Gasteiger partial charge in [0.1, 0.15) is 10.6 Å². The molecule has 2 fully saturated rings. The summed E-state index contributed by atoms with van der Waals surface area (Å²) in [5.74, 6) is 0.238. The number of hydrogen-bond donors (Lipinski definition) is 0. The lowest BCUT2D eigenvalue weighted by molar-refractivity contribution is -0.131. The van der Waals surface area contributed by atoms with Gasteiger partial charge in [-0.2, -0.15) is 4.31 Å². The highest BCUT2D eigenvalue weighted by Crippen LogP contribution is 2.29. The molecule has 2 aliphatic rings. The molecule has 0 spiro atoms. The zero-order valence-corrected chi connectivity index (χ0v) is 17.9. The Hall–Kier alpha value is -1.68. The van der Waals surface area contributed by atoms with Gasteiger partial charge >= 0.3 is 0 Å². The van der Waals surface area contributed by atoms with E-state index in [9.17, 15) is 13.2 Å². The summed E-state index contributed by atoms with van der Waals surface area (Å²) in [7, 11) is -2.28. The van der Waals surface area contributed by atoms with Crippen LogP contribution in [0.4, 0.5) is 0 Å². The molecule has 162 valence electrons. The topological polar surface area (TPSA) is 85.4 Å². The molecule has 2 heterocycles. The standard InChI is InChI=1S/C20H30N2O6S/c1-3-21(15-17-5-4-10-28-17)20(23)14-16-6-7-18(26-2)19(13-16)29(24,25)22-8-11-27-12-9-22/h6-7,13,17H,3-5,8-12,14-15H2,1-2H3. The van der Waals surface area contributed by atoms with Crippen LogP contribution in [0.15, 0.2) is 23.1 Å². The molecule has 2 aliphatic heterocycles. The van der Waals surface area contributed by atoms with Gasteiger partial charge in [0, 0.05) is 32.8 Å². The summed E-state index contributed by atoms with van der Waals surface area (Å²) >= 11 is 0. The number of nitrogens with zero attached hydrogens (tertiary/aromatic N) is 2. The second-order valence-electron chi connectivity index (χ2n) is 7.25. The Kier molecular flexibility index (Phi) is 7.50. The monoisotopic (exact) mass is 426 g/mol. The van der Waals surface area contributed by atoms with Crippen LogP contribution in [0.25, 0.3) is 0 Å². The summed E-state index contributed by atoms with van der Waals surface area (Å²) in [4.78, 5) is 14.7. The van der Waals surface area contributed by atoms with Crippen LogP contribution in [-0.4, -0.2) is 82.7 Å². The molecule has 1 aromatic carbocycles. The Morgan fingerprint density at radius 1 is 1.28 bits per heavy atom. The number of amides is 1. The van der Waals surface area contributed by atoms with Crippen LogP contribution in [0.1, 0.15) is 25.3 Å². The van der Waals surface area contributed by atoms with E-state index in [1.54, 1.807) is 23.1 Å². The molecule has 9 heteroatoms. The van der Waals surface area contributed by atoms with Gasteiger partial charge in [0.15, 0.2) is 0 Å². The molecule has 8 nitrogen and oxygen atoms in total. The van der Waals surface area contributed by atoms with Crippen LogP contribution < -0.4 is 4.74 Å². The lowest BCUT2D eigenvalue weighted by Gasteiger charge is -2.27. The van der Waals surface area contributed by atoms with Crippen molar-refractivity contribution in [3.05, 3.63) is 23.8 Å². The Balaban J connectivity index is 1.77. The molecule has 29 heavy (non-hydrogen) atoms. The summed E-state index contributed by atoms with van der Waals surface area (Å²) in [5, 5.41) is 0. The number of rotatable bonds is 8. The highest BCUT2D eigenvalue weighted by molar-refractivity contribution is 7.89. The second-order valence-corrected chi connectivity index (χ2v) is 9.15. The number of ether oxygens (including phenoxy) is 3. The fourth-order valence-corrected chi connectivity index (χ4v) is 5.30. The summed E-state index contributed by atoms with van der Waals surface area (Å²) in [6, 6.07) is 4.92. The molecule has 1 amide bonds. The lowest BCUT2D eigenvalue weighted by Crippen LogP contribution is -2.40. The molecule has 0 bridgehead atoms. The van der Waals surface area contributed by atoms with Crippen LogP contribution in [0.3, 0.4) is 0 Å². The van der Waals surface area contributed by atoms with Crippen molar-refractivity contribution < 1.29 is 27.4 Å². The van der Waals surface area contributed by atoms with E-state index in [4.69, 9.17) is 14.2 Å². The van der Waals surface area contributed by atoms with Crippen LogP contribution in [0.2, 0.25) is 0 Å². The van der Waals surface area contributed by atoms with Crippen molar-refractivity contribution in [3.63, 3.8) is 0 Å². The van der Waals surface area contributed by atoms with Crippen LogP contribution in [0, 0.1) is 0 Å². The van der Waals surface area contributed by atoms with Crippen molar-refractivity contribution in [1.82, 2.24) is 9.21 Å². The smallest absolute Gasteiger partial charge is 0.246 e. The third-order valence-corrected chi connectivity index (χ3v) is 7.27. The average molecular weight is 427 g/mol. The minimum Gasteiger partial charge on any atom is -0.495 e. The normalized spacial score (nSPS) is 20.6. The number of carbonyl (C=O) groups excluding carboxylic acids is 1. The van der Waals surface area contributed by atoms with Gasteiger partial charge in [-0.15, -0.1) is 0 Å². The number of benzene rings is 1. The molecule has 2 saturated heterocycles. The first-order valence-corrected chi connectivity index (χ1v) is 11.5. The number of carbonyl (C=O) groups is 1. The van der Waals surface area contributed by atoms with Crippen molar-refractivity contribution in [3.8, 4) is 5.75 Å². The number of likely N-dealkylation sites (N-methyl/N-ethyl adjacent to an activating group) is 1. The van der Waals surface area contributed by atoms with Crippen molar-refractivity contribution in [2.45, 2.75) is 37.2 Å². The van der Waals surface area contributed by atoms with Gasteiger partial charge in [0.05, 0.1) is 32.8 Å². The molecule has 1 aromatic rings. The molecular weight excluding hydrogens is 396 g/mol. The Morgan fingerprint density at radius 2 is 2.03 bits per heavy atom. The average Bonchev–Trinajstić information content (AvgIpc) is 3.25. The van der Waals surface area contributed by atoms with E-state index in [0.717, 1.165) is 19.4 Å². The zero-order chi connectivity index (χ0) is 20.9. The predicted molar refractivity (Wildman–Crippen MR) is 108 cm³/mol. The van der Waals surface area contributed by atoms with Crippen LogP contribution in [0.5, 0.6) is 5.75 Å². The summed E-state index contributed by atoms with van der Waals surface area (Å²) in [6.07, 6.45) is 2.22. The lowest BCUT2D eigenvalue weighted by atomic mass is 10.1. The molecule has 1 atom stereocenters. The SMILES string of the molecule is CCN(CC1CCCO1)C(=O)Cc1ccc(OC)c(S(=O)(=O)N2CCOCC2)c1. The van der Waals surface area contributed by atoms with Gasteiger partial charge in [0.2, 0.25) is 15.9 Å². The third-order valence-electron chi connectivity index (χ3n) is 5.35. The van der Waals surface area contributed by atoms with Crippen molar-refractivity contribution in [2.75, 3.05) is 53.1 Å². The number of methoxy groups -OCH3 is 1. The molecule has 0 N–H and O–H groups in total. The van der Waals surface area contributed by atoms with Gasteiger partial charge in [-0.25, -0.2) is 8.42 Å². The quantitative estimate of drug-likeness (QED) is 0.623. The fourth-order valence-electron chi connectivity index (χ4n) is 3.69. The Bertz CT molecular complexity index is 801. The van der Waals surface area contributed by atoms with Crippen LogP contribution in [-0.2, 0) is 30.7 Å². The molecule has 3 rings (SSSR count). The molecule has 0 aliphatic carbocycles. The highest BCUT2D eigenvalue weighted by atomic mass is 32.2. The largest absolute Gasteiger partial charge is 0.495 e. The predicted octanol–water partition coefficient (Wildman–Crippen LogP) is 1.29. The first-order valence-electron chi connectivity index (χ1n) is 10.1. The van der Waals surface area contributed by atoms with Crippen molar-refractivity contribution >= 4 is 15.9 Å². The minimum atomic E-state index is -3.72. The molecule has 0 radical (unpaired) electrons. The second kappa shape index (κ2) is 9.88. The molecule has 1 unspecified atom stereocenters. The van der Waals surface area contributed by atoms with E-state index in [1.165, 1.54) is 11.4 Å². The summed E-state index contributed by atoms with van der Waals surface area (Å²) in [6.45, 7) is 5.20. The maximum absolute atomic E-state index is 13.1. The minimum absolute atomic E-state index is 0.0390. The highest BCUT2D eigenvalue weighted by Gasteiger charge is 2.30. The van der Waals surface area contributed by atoms with Gasteiger partial charge in [-0.3, -0.25) is 4.79 Å². The number of sulfonamides is 1. The maximum atomic E-state index is 13.1. The Morgan fingerprint density at radius 3 is 2.66 bits per heavy atom. The van der Waals surface area contributed by atoms with E-state index < -0.39 is 10.0 Å². The van der Waals surface area contributed by atoms with E-state index in [0.29, 0.717) is 45.0 Å². The third kappa shape index (κ3) is 5.28. The Labute approximate surface area is 172 Å². The maximum Gasteiger partial charge on any atom is 0.246 e. The van der Waals surface area contributed by atoms with Gasteiger partial charge in [0.25, 0.3) is 0 Å². The molecule has 0 saturated carbocycles. The van der Waals surface area contributed by atoms with Crippen molar-refractivity contribution in [1.29, 1.82) is 0 Å². The first kappa shape index (κ1) is 22.0.